The predicted octanol–water partition coefficient (Wildman–Crippen LogP) is 17.5. The molecule has 0 aliphatic rings. The van der Waals surface area contributed by atoms with E-state index in [4.69, 9.17) is 37.0 Å². The fraction of sp³-hybridized carbons (Fsp3) is 0.937. The van der Waals surface area contributed by atoms with Crippen LogP contribution < -0.4 is 0 Å². The summed E-state index contributed by atoms with van der Waals surface area (Å²) in [7, 11) is -9.87. The topological polar surface area (TPSA) is 237 Å². The van der Waals surface area contributed by atoms with E-state index in [9.17, 15) is 43.2 Å². The molecule has 0 aromatic rings. The first-order valence-corrected chi connectivity index (χ1v) is 36.3. The Labute approximate surface area is 498 Å². The predicted molar refractivity (Wildman–Crippen MR) is 326 cm³/mol. The number of hydrogen-bond donors (Lipinski definition) is 3. The van der Waals surface area contributed by atoms with Crippen LogP contribution in [0.1, 0.15) is 323 Å². The monoisotopic (exact) mass is 1210 g/mol. The van der Waals surface area contributed by atoms with Crippen LogP contribution >= 0.6 is 15.6 Å². The summed E-state index contributed by atoms with van der Waals surface area (Å²) < 4.78 is 67.6. The molecule has 5 atom stereocenters. The maximum atomic E-state index is 13.0. The lowest BCUT2D eigenvalue weighted by atomic mass is 10.0. The average Bonchev–Trinajstić information content (AvgIpc) is 3.46. The largest absolute Gasteiger partial charge is 0.472 e. The van der Waals surface area contributed by atoms with Gasteiger partial charge in [-0.15, -0.1) is 0 Å². The Balaban J connectivity index is 5.11. The Morgan fingerprint density at radius 3 is 0.732 bits per heavy atom. The minimum Gasteiger partial charge on any atom is -0.462 e. The second-order valence-electron chi connectivity index (χ2n) is 22.8. The van der Waals surface area contributed by atoms with E-state index < -0.39 is 97.5 Å². The molecule has 0 aliphatic heterocycles. The highest BCUT2D eigenvalue weighted by Crippen LogP contribution is 2.45. The van der Waals surface area contributed by atoms with E-state index in [-0.39, 0.29) is 25.7 Å². The fourth-order valence-electron chi connectivity index (χ4n) is 9.46. The molecule has 0 fully saturated rings. The number of carbonyl (C=O) groups is 4. The molecular formula is C63H122O17P2. The molecule has 0 aromatic carbocycles. The summed E-state index contributed by atoms with van der Waals surface area (Å²) in [6.45, 7) is 4.74. The van der Waals surface area contributed by atoms with Crippen molar-refractivity contribution >= 4 is 39.5 Å². The first-order valence-electron chi connectivity index (χ1n) is 33.3. The first-order chi connectivity index (χ1) is 39.7. The second kappa shape index (κ2) is 58.1. The van der Waals surface area contributed by atoms with Gasteiger partial charge in [-0.1, -0.05) is 272 Å². The van der Waals surface area contributed by atoms with Crippen molar-refractivity contribution in [1.29, 1.82) is 0 Å². The molecule has 0 rings (SSSR count). The fourth-order valence-corrected chi connectivity index (χ4v) is 11.0. The van der Waals surface area contributed by atoms with E-state index in [1.165, 1.54) is 154 Å². The quantitative estimate of drug-likeness (QED) is 0.0222. The number of hydrogen-bond acceptors (Lipinski definition) is 15. The Morgan fingerprint density at radius 2 is 0.488 bits per heavy atom. The number of ether oxygens (including phenoxy) is 4. The van der Waals surface area contributed by atoms with Crippen molar-refractivity contribution in [2.45, 2.75) is 341 Å². The molecule has 19 heteroatoms. The van der Waals surface area contributed by atoms with Crippen LogP contribution in [0.3, 0.4) is 0 Å². The van der Waals surface area contributed by atoms with E-state index in [1.807, 2.05) is 6.92 Å². The zero-order chi connectivity index (χ0) is 60.5. The summed E-state index contributed by atoms with van der Waals surface area (Å²) in [6, 6.07) is 0. The van der Waals surface area contributed by atoms with Gasteiger partial charge in [-0.2, -0.15) is 0 Å². The van der Waals surface area contributed by atoms with Crippen LogP contribution in [0.25, 0.3) is 0 Å². The Bertz CT molecular complexity index is 1590. The third-order valence-electron chi connectivity index (χ3n) is 14.6. The molecule has 17 nitrogen and oxygen atoms in total. The first kappa shape index (κ1) is 80.1. The molecule has 0 heterocycles. The van der Waals surface area contributed by atoms with Gasteiger partial charge in [-0.3, -0.25) is 37.3 Å². The molecule has 2 unspecified atom stereocenters. The molecular weight excluding hydrogens is 1090 g/mol. The number of rotatable bonds is 64. The molecule has 0 amide bonds. The summed E-state index contributed by atoms with van der Waals surface area (Å²) >= 11 is 0. The Kier molecular flexibility index (Phi) is 56.7. The maximum absolute atomic E-state index is 13.0. The van der Waals surface area contributed by atoms with Crippen LogP contribution in [0.2, 0.25) is 0 Å². The van der Waals surface area contributed by atoms with Crippen molar-refractivity contribution in [2.24, 2.45) is 0 Å². The molecule has 0 aromatic heterocycles. The third-order valence-corrected chi connectivity index (χ3v) is 16.5. The van der Waals surface area contributed by atoms with E-state index in [0.29, 0.717) is 25.7 Å². The molecule has 0 bridgehead atoms. The molecule has 486 valence electrons. The van der Waals surface area contributed by atoms with Crippen molar-refractivity contribution in [3.05, 3.63) is 0 Å². The van der Waals surface area contributed by atoms with Crippen molar-refractivity contribution in [1.82, 2.24) is 0 Å². The van der Waals surface area contributed by atoms with Crippen LogP contribution in [-0.2, 0) is 65.4 Å². The lowest BCUT2D eigenvalue weighted by Crippen LogP contribution is -2.30. The Hall–Kier alpha value is -1.94. The number of esters is 4. The number of aliphatic hydroxyl groups excluding tert-OH is 1. The summed E-state index contributed by atoms with van der Waals surface area (Å²) in [4.78, 5) is 71.7. The van der Waals surface area contributed by atoms with Crippen molar-refractivity contribution in [3.8, 4) is 0 Å². The van der Waals surface area contributed by atoms with Gasteiger partial charge in [0.25, 0.3) is 0 Å². The molecule has 0 radical (unpaired) electrons. The lowest BCUT2D eigenvalue weighted by molar-refractivity contribution is -0.161. The van der Waals surface area contributed by atoms with Crippen LogP contribution in [0.15, 0.2) is 0 Å². The summed E-state index contributed by atoms with van der Waals surface area (Å²) in [5.41, 5.74) is 0. The molecule has 0 spiro atoms. The Morgan fingerprint density at radius 1 is 0.293 bits per heavy atom. The zero-order valence-electron chi connectivity index (χ0n) is 52.5. The van der Waals surface area contributed by atoms with Crippen LogP contribution in [-0.4, -0.2) is 96.7 Å². The van der Waals surface area contributed by atoms with Gasteiger partial charge in [0.05, 0.1) is 26.4 Å². The molecule has 0 saturated carbocycles. The van der Waals surface area contributed by atoms with Gasteiger partial charge in [-0.25, -0.2) is 9.13 Å². The van der Waals surface area contributed by atoms with Gasteiger partial charge in [0.2, 0.25) is 0 Å². The van der Waals surface area contributed by atoms with Crippen LogP contribution in [0, 0.1) is 0 Å². The summed E-state index contributed by atoms with van der Waals surface area (Å²) in [5.74, 6) is -2.15. The number of phosphoric ester groups is 2. The van der Waals surface area contributed by atoms with Gasteiger partial charge in [0.15, 0.2) is 12.2 Å². The van der Waals surface area contributed by atoms with Crippen molar-refractivity contribution in [2.75, 3.05) is 39.6 Å². The summed E-state index contributed by atoms with van der Waals surface area (Å²) in [6.07, 6.45) is 43.7. The zero-order valence-corrected chi connectivity index (χ0v) is 54.2. The highest BCUT2D eigenvalue weighted by atomic mass is 31.2. The average molecular weight is 1210 g/mol. The highest BCUT2D eigenvalue weighted by molar-refractivity contribution is 7.47. The smallest absolute Gasteiger partial charge is 0.462 e. The highest BCUT2D eigenvalue weighted by Gasteiger charge is 2.30. The van der Waals surface area contributed by atoms with Crippen molar-refractivity contribution in [3.63, 3.8) is 0 Å². The number of phosphoric acid groups is 2. The number of carbonyl (C=O) groups excluding carboxylic acids is 4. The maximum Gasteiger partial charge on any atom is 0.472 e. The van der Waals surface area contributed by atoms with E-state index in [2.05, 4.69) is 20.8 Å². The second-order valence-corrected chi connectivity index (χ2v) is 25.7. The molecule has 0 aliphatic carbocycles. The number of unbranched alkanes of at least 4 members (excludes halogenated alkanes) is 38. The molecule has 82 heavy (non-hydrogen) atoms. The van der Waals surface area contributed by atoms with E-state index in [0.717, 1.165) is 89.9 Å². The van der Waals surface area contributed by atoms with Gasteiger partial charge in [0, 0.05) is 25.7 Å². The summed E-state index contributed by atoms with van der Waals surface area (Å²) in [5, 5.41) is 10.5. The lowest BCUT2D eigenvalue weighted by Gasteiger charge is -2.21. The van der Waals surface area contributed by atoms with Gasteiger partial charge >= 0.3 is 39.5 Å². The standard InChI is InChI=1S/C63H122O17P2/c1-5-9-13-17-20-23-25-27-29-31-33-35-38-41-45-48-61(66)74-54-59(80-63(68)50-46-42-39-36-34-32-30-28-26-24-21-18-14-10-6-2)56-78-82(71,72)76-52-57(64)51-75-81(69,70)77-55-58(79-62(67)49-43-16-12-8-4)53-73-60(65)47-44-40-37-22-19-15-11-7-3/h57-59,64H,5-56H2,1-4H3,(H,69,70)(H,71,72)/t57-,58+,59+/m0/s1. The minimum atomic E-state index is -4.94. The van der Waals surface area contributed by atoms with E-state index in [1.54, 1.807) is 0 Å². The number of aliphatic hydroxyl groups is 1. The molecule has 3 N–H and O–H groups in total. The van der Waals surface area contributed by atoms with Gasteiger partial charge < -0.3 is 33.8 Å². The van der Waals surface area contributed by atoms with Gasteiger partial charge in [-0.05, 0) is 25.7 Å². The van der Waals surface area contributed by atoms with Crippen molar-refractivity contribution < 1.29 is 80.2 Å². The normalized spacial score (nSPS) is 14.2. The van der Waals surface area contributed by atoms with E-state index >= 15 is 0 Å². The van der Waals surface area contributed by atoms with Gasteiger partial charge in [0.1, 0.15) is 19.3 Å². The van der Waals surface area contributed by atoms with Crippen LogP contribution in [0.5, 0.6) is 0 Å². The third kappa shape index (κ3) is 57.2. The van der Waals surface area contributed by atoms with Crippen LogP contribution in [0.4, 0.5) is 0 Å². The molecule has 0 saturated heterocycles. The minimum absolute atomic E-state index is 0.0963. The SMILES string of the molecule is CCCCCCCCCCCCCCCCCC(=O)OC[C@H](COP(=O)(O)OC[C@@H](O)COP(=O)(O)OC[C@@H](COC(=O)CCCCCCCCCC)OC(=O)CCCCCC)OC(=O)CCCCCCCCCCCCCCCCC.